The molecule has 2 aliphatic rings. The Morgan fingerprint density at radius 1 is 0.485 bits per heavy atom. The van der Waals surface area contributed by atoms with Crippen LogP contribution in [0, 0.1) is 11.8 Å². The van der Waals surface area contributed by atoms with E-state index in [-0.39, 0.29) is 25.3 Å². The number of methoxy groups -OCH3 is 8. The minimum absolute atomic E-state index is 0.0586. The molecule has 354 valence electrons. The van der Waals surface area contributed by atoms with Gasteiger partial charge in [-0.15, -0.1) is 0 Å². The molecule has 0 saturated carbocycles. The predicted octanol–water partition coefficient (Wildman–Crippen LogP) is 6.90. The molecule has 0 aliphatic carbocycles. The summed E-state index contributed by atoms with van der Waals surface area (Å²) in [6.45, 7) is 3.51. The van der Waals surface area contributed by atoms with Gasteiger partial charge in [0.05, 0.1) is 110 Å². The van der Waals surface area contributed by atoms with Crippen molar-refractivity contribution in [2.45, 2.75) is 50.6 Å². The quantitative estimate of drug-likeness (QED) is 0.0301. The van der Waals surface area contributed by atoms with E-state index in [0.29, 0.717) is 67.8 Å². The second-order valence-electron chi connectivity index (χ2n) is 17.2. The Balaban J connectivity index is 1.05. The first kappa shape index (κ1) is 49.1. The van der Waals surface area contributed by atoms with E-state index in [9.17, 15) is 9.59 Å². The molecule has 0 spiro atoms. The molecule has 0 aromatic heterocycles. The number of rotatable bonds is 20. The molecule has 66 heavy (non-hydrogen) atoms. The Labute approximate surface area is 389 Å². The van der Waals surface area contributed by atoms with Crippen molar-refractivity contribution in [3.05, 3.63) is 94.0 Å². The second-order valence-corrected chi connectivity index (χ2v) is 17.2. The normalized spacial score (nSPS) is 19.4. The van der Waals surface area contributed by atoms with Crippen LogP contribution < -0.4 is 37.9 Å². The van der Waals surface area contributed by atoms with Crippen molar-refractivity contribution in [3.63, 3.8) is 0 Å². The van der Waals surface area contributed by atoms with Gasteiger partial charge in [-0.05, 0) is 70.8 Å². The summed E-state index contributed by atoms with van der Waals surface area (Å²) in [6.07, 6.45) is 4.33. The largest absolute Gasteiger partial charge is 0.493 e. The lowest BCUT2D eigenvalue weighted by molar-refractivity contribution is -0.941. The van der Waals surface area contributed by atoms with Crippen LogP contribution in [0.1, 0.15) is 58.3 Å². The highest BCUT2D eigenvalue weighted by Gasteiger charge is 2.41. The number of hydrogen-bond donors (Lipinski definition) is 0. The van der Waals surface area contributed by atoms with Crippen molar-refractivity contribution in [1.29, 1.82) is 0 Å². The van der Waals surface area contributed by atoms with E-state index in [4.69, 9.17) is 47.4 Å². The Bertz CT molecular complexity index is 2250. The minimum atomic E-state index is -0.771. The number of hydrogen-bond acceptors (Lipinski definition) is 12. The maximum atomic E-state index is 12.7. The molecule has 4 aromatic carbocycles. The van der Waals surface area contributed by atoms with Crippen LogP contribution in [0.4, 0.5) is 0 Å². The van der Waals surface area contributed by atoms with Gasteiger partial charge in [-0.1, -0.05) is 12.1 Å². The number of nitrogens with zero attached hydrogens (tertiary/aromatic N) is 2. The van der Waals surface area contributed by atoms with E-state index in [0.717, 1.165) is 63.0 Å². The van der Waals surface area contributed by atoms with Gasteiger partial charge >= 0.3 is 11.9 Å². The molecule has 2 heterocycles. The number of likely N-dealkylation sites (N-methyl/N-ethyl adjacent to an activating group) is 2. The number of benzene rings is 4. The molecule has 14 nitrogen and oxygen atoms in total. The zero-order valence-electron chi connectivity index (χ0n) is 40.2. The Kier molecular flexibility index (Phi) is 16.6. The van der Waals surface area contributed by atoms with Crippen LogP contribution in [0.3, 0.4) is 0 Å². The SMILES string of the molecule is COc1ccc(C[C@@H]2c3cc(OC)c(OC)cc3CC[N@@+]2(C)CCCOC(=O)C#CC(=O)OCCC[N@+]2(C)CCc3cc(OC)c(OC)cc3[C@H]2Cc2ccc(OC)c(OC)c2)cc1OC. The Morgan fingerprint density at radius 2 is 0.818 bits per heavy atom. The second kappa shape index (κ2) is 22.3. The standard InChI is InChI=1S/C52H66N2O12/c1-53(23-19-37-31-47(61-7)49(63-9)33-39(37)41(53)27-35-13-15-43(57-3)45(29-35)59-5)21-11-25-65-51(55)17-18-52(56)66-26-12-22-54(2)24-20-38-32-48(62-8)50(64-10)34-40(38)42(54)28-36-14-16-44(58-4)46(30-36)60-6/h13-16,29-34,41-42H,11-12,19-28H2,1-10H3/q+2/t41-,42-,53-,54-/m1/s1. The Hall–Kier alpha value is -6.30. The molecule has 0 unspecified atom stereocenters. The van der Waals surface area contributed by atoms with Crippen molar-refractivity contribution < 1.29 is 65.9 Å². The van der Waals surface area contributed by atoms with Crippen LogP contribution >= 0.6 is 0 Å². The van der Waals surface area contributed by atoms with E-state index >= 15 is 0 Å². The topological polar surface area (TPSA) is 126 Å². The van der Waals surface area contributed by atoms with E-state index in [1.54, 1.807) is 56.9 Å². The van der Waals surface area contributed by atoms with E-state index in [1.807, 2.05) is 24.3 Å². The molecule has 2 aliphatic heterocycles. The molecule has 6 rings (SSSR count). The van der Waals surface area contributed by atoms with Crippen LogP contribution in [0.5, 0.6) is 46.0 Å². The number of ether oxygens (including phenoxy) is 10. The van der Waals surface area contributed by atoms with Crippen molar-refractivity contribution in [3.8, 4) is 57.8 Å². The van der Waals surface area contributed by atoms with Gasteiger partial charge in [-0.2, -0.15) is 0 Å². The predicted molar refractivity (Wildman–Crippen MR) is 249 cm³/mol. The van der Waals surface area contributed by atoms with Crippen molar-refractivity contribution in [2.24, 2.45) is 0 Å². The lowest BCUT2D eigenvalue weighted by atomic mass is 9.86. The molecule has 14 heteroatoms. The van der Waals surface area contributed by atoms with Crippen molar-refractivity contribution in [2.75, 3.05) is 110 Å². The summed E-state index contributed by atoms with van der Waals surface area (Å²) in [5.41, 5.74) is 7.01. The van der Waals surface area contributed by atoms with Gasteiger partial charge in [0.2, 0.25) is 0 Å². The number of carbonyl (C=O) groups is 2. The van der Waals surface area contributed by atoms with Gasteiger partial charge in [0.15, 0.2) is 46.0 Å². The average Bonchev–Trinajstić information content (AvgIpc) is 3.34. The molecule has 0 bridgehead atoms. The summed E-state index contributed by atoms with van der Waals surface area (Å²) in [6, 6.07) is 20.5. The molecular formula is C52H66N2O12+2. The van der Waals surface area contributed by atoms with Crippen LogP contribution in [0.2, 0.25) is 0 Å². The van der Waals surface area contributed by atoms with Gasteiger partial charge in [0.25, 0.3) is 0 Å². The summed E-state index contributed by atoms with van der Waals surface area (Å²) >= 11 is 0. The fourth-order valence-electron chi connectivity index (χ4n) is 9.68. The number of carbonyl (C=O) groups excluding carboxylic acids is 2. The highest BCUT2D eigenvalue weighted by atomic mass is 16.5. The molecule has 0 saturated heterocycles. The highest BCUT2D eigenvalue weighted by Crippen LogP contribution is 2.45. The van der Waals surface area contributed by atoms with Gasteiger partial charge in [-0.3, -0.25) is 0 Å². The summed E-state index contributed by atoms with van der Waals surface area (Å²) in [4.78, 5) is 25.5. The minimum Gasteiger partial charge on any atom is -0.493 e. The molecular weight excluding hydrogens is 845 g/mol. The lowest BCUT2D eigenvalue weighted by Crippen LogP contribution is -2.52. The third kappa shape index (κ3) is 11.2. The first-order valence-corrected chi connectivity index (χ1v) is 22.3. The van der Waals surface area contributed by atoms with Gasteiger partial charge < -0.3 is 56.3 Å². The molecule has 0 radical (unpaired) electrons. The van der Waals surface area contributed by atoms with Crippen molar-refractivity contribution >= 4 is 11.9 Å². The van der Waals surface area contributed by atoms with E-state index < -0.39 is 11.9 Å². The number of esters is 2. The van der Waals surface area contributed by atoms with Crippen LogP contribution in [0.25, 0.3) is 0 Å². The van der Waals surface area contributed by atoms with Gasteiger partial charge in [0.1, 0.15) is 12.1 Å². The maximum Gasteiger partial charge on any atom is 0.384 e. The molecule has 0 fully saturated rings. The monoisotopic (exact) mass is 910 g/mol. The van der Waals surface area contributed by atoms with E-state index in [1.165, 1.54) is 22.3 Å². The van der Waals surface area contributed by atoms with Gasteiger partial charge in [-0.25, -0.2) is 9.59 Å². The third-order valence-corrected chi connectivity index (χ3v) is 13.4. The van der Waals surface area contributed by atoms with Crippen LogP contribution in [-0.4, -0.2) is 131 Å². The first-order chi connectivity index (χ1) is 31.9. The average molecular weight is 911 g/mol. The smallest absolute Gasteiger partial charge is 0.384 e. The highest BCUT2D eigenvalue weighted by molar-refractivity contribution is 5.98. The zero-order valence-corrected chi connectivity index (χ0v) is 40.2. The molecule has 0 amide bonds. The first-order valence-electron chi connectivity index (χ1n) is 22.3. The maximum absolute atomic E-state index is 12.7. The molecule has 0 N–H and O–H groups in total. The number of fused-ring (bicyclic) bond motifs is 2. The summed E-state index contributed by atoms with van der Waals surface area (Å²) < 4.78 is 57.4. The lowest BCUT2D eigenvalue weighted by Gasteiger charge is -2.46. The fraction of sp³-hybridized carbons (Fsp3) is 0.462. The van der Waals surface area contributed by atoms with Crippen LogP contribution in [-0.2, 0) is 44.7 Å². The molecule has 4 aromatic rings. The van der Waals surface area contributed by atoms with Crippen LogP contribution in [0.15, 0.2) is 60.7 Å². The summed E-state index contributed by atoms with van der Waals surface area (Å²) in [5, 5.41) is 0. The van der Waals surface area contributed by atoms with E-state index in [2.05, 4.69) is 62.3 Å². The zero-order chi connectivity index (χ0) is 47.4. The number of quaternary nitrogens is 2. The third-order valence-electron chi connectivity index (χ3n) is 13.4. The van der Waals surface area contributed by atoms with Crippen molar-refractivity contribution in [1.82, 2.24) is 0 Å². The molecule has 4 atom stereocenters. The fourth-order valence-corrected chi connectivity index (χ4v) is 9.68. The Morgan fingerprint density at radius 3 is 1.17 bits per heavy atom. The summed E-state index contributed by atoms with van der Waals surface area (Å²) in [7, 11) is 17.6. The summed E-state index contributed by atoms with van der Waals surface area (Å²) in [5.74, 6) is 8.55. The van der Waals surface area contributed by atoms with Gasteiger partial charge in [0, 0.05) is 61.5 Å².